The number of benzene rings is 1. The van der Waals surface area contributed by atoms with Crippen LogP contribution in [-0.2, 0) is 9.59 Å². The van der Waals surface area contributed by atoms with Crippen molar-refractivity contribution in [3.05, 3.63) is 24.3 Å². The molecule has 0 radical (unpaired) electrons. The van der Waals surface area contributed by atoms with E-state index < -0.39 is 5.97 Å². The van der Waals surface area contributed by atoms with Crippen LogP contribution in [0.3, 0.4) is 0 Å². The number of carbonyl (C=O) groups is 2. The van der Waals surface area contributed by atoms with Gasteiger partial charge < -0.3 is 15.2 Å². The predicted octanol–water partition coefficient (Wildman–Crippen LogP) is 0.640. The third-order valence-corrected chi connectivity index (χ3v) is 6.32. The topological polar surface area (TPSA) is 127 Å². The van der Waals surface area contributed by atoms with E-state index in [1.165, 1.54) is 25.7 Å². The molecule has 3 aliphatic heterocycles. The molecular weight excluding hydrogens is 412 g/mol. The summed E-state index contributed by atoms with van der Waals surface area (Å²) >= 11 is 0. The maximum atomic E-state index is 12.6. The van der Waals surface area contributed by atoms with Crippen molar-refractivity contribution in [1.29, 1.82) is 0 Å². The summed E-state index contributed by atoms with van der Waals surface area (Å²) in [5, 5.41) is 19.5. The first-order valence-corrected chi connectivity index (χ1v) is 11.6. The summed E-state index contributed by atoms with van der Waals surface area (Å²) in [4.78, 5) is 25.7. The molecule has 0 spiro atoms. The molecule has 4 atom stereocenters. The van der Waals surface area contributed by atoms with E-state index in [4.69, 9.17) is 9.84 Å². The third kappa shape index (κ3) is 5.89. The van der Waals surface area contributed by atoms with Crippen LogP contribution in [0.15, 0.2) is 24.3 Å². The minimum absolute atomic E-state index is 0.0105. The first-order chi connectivity index (χ1) is 15.6. The first kappa shape index (κ1) is 22.8. The van der Waals surface area contributed by atoms with Crippen molar-refractivity contribution in [1.82, 2.24) is 26.4 Å². The number of hydrogen-bond donors (Lipinski definition) is 6. The molecule has 0 aromatic heterocycles. The van der Waals surface area contributed by atoms with Crippen LogP contribution in [0.2, 0.25) is 0 Å². The first-order valence-electron chi connectivity index (χ1n) is 11.6. The Morgan fingerprint density at radius 3 is 2.59 bits per heavy atom. The second-order valence-corrected chi connectivity index (χ2v) is 8.68. The number of ether oxygens (including phenoxy) is 1. The fourth-order valence-corrected chi connectivity index (χ4v) is 4.65. The van der Waals surface area contributed by atoms with Gasteiger partial charge in [-0.1, -0.05) is 12.8 Å². The number of carboxylic acid groups (broad SMARTS) is 1. The molecule has 1 aromatic rings. The number of aliphatic carboxylic acids is 1. The normalized spacial score (nSPS) is 28.8. The number of anilines is 1. The van der Waals surface area contributed by atoms with Gasteiger partial charge in [-0.25, -0.2) is 5.43 Å². The van der Waals surface area contributed by atoms with Crippen LogP contribution >= 0.6 is 0 Å². The number of carboxylic acids is 1. The van der Waals surface area contributed by atoms with E-state index in [-0.39, 0.29) is 36.7 Å². The average Bonchev–Trinajstić information content (AvgIpc) is 3.07. The van der Waals surface area contributed by atoms with E-state index in [2.05, 4.69) is 31.7 Å². The van der Waals surface area contributed by atoms with E-state index in [0.29, 0.717) is 25.3 Å². The number of fused-ring (bicyclic) bond motifs is 1. The molecule has 1 aromatic carbocycles. The van der Waals surface area contributed by atoms with E-state index in [1.54, 1.807) is 0 Å². The summed E-state index contributed by atoms with van der Waals surface area (Å²) in [5.41, 5.74) is 6.66. The van der Waals surface area contributed by atoms with Gasteiger partial charge in [-0.3, -0.25) is 30.5 Å². The number of hydrogen-bond acceptors (Lipinski definition) is 8. The molecule has 4 unspecified atom stereocenters. The van der Waals surface area contributed by atoms with Crippen LogP contribution in [0.1, 0.15) is 38.5 Å². The number of nitrogens with one attached hydrogen (secondary N) is 5. The van der Waals surface area contributed by atoms with Crippen molar-refractivity contribution in [2.45, 2.75) is 57.0 Å². The molecule has 0 aliphatic carbocycles. The smallest absolute Gasteiger partial charge is 0.303 e. The zero-order valence-corrected chi connectivity index (χ0v) is 18.3. The van der Waals surface area contributed by atoms with Gasteiger partial charge in [-0.2, -0.15) is 0 Å². The monoisotopic (exact) mass is 446 g/mol. The van der Waals surface area contributed by atoms with Gasteiger partial charge in [0.1, 0.15) is 12.0 Å². The molecule has 0 saturated carbocycles. The average molecular weight is 447 g/mol. The van der Waals surface area contributed by atoms with Gasteiger partial charge in [0.05, 0.1) is 18.7 Å². The summed E-state index contributed by atoms with van der Waals surface area (Å²) in [5.74, 6) is -0.418. The Labute approximate surface area is 188 Å². The molecule has 3 aliphatic rings. The van der Waals surface area contributed by atoms with Crippen molar-refractivity contribution in [3.63, 3.8) is 0 Å². The van der Waals surface area contributed by atoms with Gasteiger partial charge >= 0.3 is 5.97 Å². The van der Waals surface area contributed by atoms with E-state index in [1.807, 2.05) is 24.3 Å². The zero-order valence-electron chi connectivity index (χ0n) is 18.3. The van der Waals surface area contributed by atoms with Gasteiger partial charge in [0.25, 0.3) is 0 Å². The molecule has 32 heavy (non-hydrogen) atoms. The Morgan fingerprint density at radius 2 is 1.88 bits per heavy atom. The lowest BCUT2D eigenvalue weighted by atomic mass is 9.91. The Hall–Kier alpha value is -2.40. The molecule has 3 saturated heterocycles. The second-order valence-electron chi connectivity index (χ2n) is 8.68. The maximum absolute atomic E-state index is 12.6. The number of carbonyl (C=O) groups excluding carboxylic acids is 1. The van der Waals surface area contributed by atoms with Crippen molar-refractivity contribution in [2.75, 3.05) is 31.6 Å². The number of likely N-dealkylation sites (tertiary alicyclic amines) is 1. The maximum Gasteiger partial charge on any atom is 0.303 e. The quantitative estimate of drug-likeness (QED) is 0.319. The molecule has 10 heteroatoms. The molecule has 1 amide bonds. The largest absolute Gasteiger partial charge is 0.494 e. The van der Waals surface area contributed by atoms with Gasteiger partial charge in [0.15, 0.2) is 0 Å². The van der Waals surface area contributed by atoms with Gasteiger partial charge in [-0.15, -0.1) is 0 Å². The van der Waals surface area contributed by atoms with Gasteiger partial charge in [0, 0.05) is 37.8 Å². The van der Waals surface area contributed by atoms with Crippen molar-refractivity contribution in [2.24, 2.45) is 5.92 Å². The zero-order chi connectivity index (χ0) is 22.3. The van der Waals surface area contributed by atoms with E-state index in [9.17, 15) is 9.59 Å². The molecule has 4 rings (SSSR count). The standard InChI is InChI=1S/C22H34N6O4/c29-18(30)6-5-13-32-16-9-7-15(8-10-16)24-20-19-17(14-23-27-21(19)31)25-22(26-20)28-11-3-1-2-4-12-28/h7-10,17,19-20,22-26H,1-6,11-14H2,(H,27,31)(H,29,30). The minimum Gasteiger partial charge on any atom is -0.494 e. The highest BCUT2D eigenvalue weighted by Gasteiger charge is 2.44. The van der Waals surface area contributed by atoms with Crippen LogP contribution < -0.4 is 31.5 Å². The van der Waals surface area contributed by atoms with Crippen LogP contribution in [-0.4, -0.2) is 66.6 Å². The van der Waals surface area contributed by atoms with Crippen molar-refractivity contribution < 1.29 is 19.4 Å². The number of amides is 1. The van der Waals surface area contributed by atoms with Gasteiger partial charge in [-0.05, 0) is 43.5 Å². The van der Waals surface area contributed by atoms with Crippen molar-refractivity contribution >= 4 is 17.6 Å². The molecular formula is C22H34N6O4. The van der Waals surface area contributed by atoms with Crippen LogP contribution in [0.25, 0.3) is 0 Å². The Bertz CT molecular complexity index is 768. The van der Waals surface area contributed by atoms with Crippen LogP contribution in [0.4, 0.5) is 5.69 Å². The SMILES string of the molecule is O=C(O)CCCOc1ccc(NC2NC(N3CCCCCC3)NC3CNNC(=O)C32)cc1. The third-order valence-electron chi connectivity index (χ3n) is 6.32. The highest BCUT2D eigenvalue weighted by Crippen LogP contribution is 2.24. The highest BCUT2D eigenvalue weighted by molar-refractivity contribution is 5.81. The Morgan fingerprint density at radius 1 is 1.12 bits per heavy atom. The lowest BCUT2D eigenvalue weighted by Crippen LogP contribution is -2.76. The predicted molar refractivity (Wildman–Crippen MR) is 120 cm³/mol. The molecule has 3 fully saturated rings. The fourth-order valence-electron chi connectivity index (χ4n) is 4.65. The molecule has 176 valence electrons. The lowest BCUT2D eigenvalue weighted by molar-refractivity contribution is -0.137. The van der Waals surface area contributed by atoms with Crippen LogP contribution in [0.5, 0.6) is 5.75 Å². The van der Waals surface area contributed by atoms with E-state index >= 15 is 0 Å². The number of nitrogens with zero attached hydrogens (tertiary/aromatic N) is 1. The lowest BCUT2D eigenvalue weighted by Gasteiger charge is -2.48. The highest BCUT2D eigenvalue weighted by atomic mass is 16.5. The summed E-state index contributed by atoms with van der Waals surface area (Å²) < 4.78 is 5.62. The Balaban J connectivity index is 1.40. The minimum atomic E-state index is -0.818. The molecule has 3 heterocycles. The van der Waals surface area contributed by atoms with E-state index in [0.717, 1.165) is 18.8 Å². The summed E-state index contributed by atoms with van der Waals surface area (Å²) in [6.07, 6.45) is 5.28. The van der Waals surface area contributed by atoms with Crippen LogP contribution in [0, 0.1) is 5.92 Å². The Kier molecular flexibility index (Phi) is 7.80. The van der Waals surface area contributed by atoms with Crippen molar-refractivity contribution in [3.8, 4) is 5.75 Å². The number of hydrazine groups is 1. The summed E-state index contributed by atoms with van der Waals surface area (Å²) in [6, 6.07) is 7.58. The molecule has 10 nitrogen and oxygen atoms in total. The fraction of sp³-hybridized carbons (Fsp3) is 0.636. The summed E-state index contributed by atoms with van der Waals surface area (Å²) in [6.45, 7) is 3.12. The molecule has 6 N–H and O–H groups in total. The second kappa shape index (κ2) is 11.0. The molecule has 0 bridgehead atoms. The number of rotatable bonds is 8. The summed E-state index contributed by atoms with van der Waals surface area (Å²) in [7, 11) is 0. The van der Waals surface area contributed by atoms with Gasteiger partial charge in [0.2, 0.25) is 5.91 Å².